The second-order valence-corrected chi connectivity index (χ2v) is 5.10. The first-order chi connectivity index (χ1) is 9.11. The number of rotatable bonds is 5. The molecule has 0 fully saturated rings. The zero-order valence-electron chi connectivity index (χ0n) is 10.8. The van der Waals surface area contributed by atoms with E-state index in [9.17, 15) is 8.78 Å². The van der Waals surface area contributed by atoms with Crippen LogP contribution in [-0.2, 0) is 0 Å². The Balaban J connectivity index is 2.39. The largest absolute Gasteiger partial charge is 0.305 e. The maximum Gasteiger partial charge on any atom is 0.126 e. The van der Waals surface area contributed by atoms with Crippen molar-refractivity contribution in [1.82, 2.24) is 14.9 Å². The number of aromatic nitrogens is 2. The van der Waals surface area contributed by atoms with Gasteiger partial charge in [0, 0.05) is 6.07 Å². The Bertz CT molecular complexity index is 536. The lowest BCUT2D eigenvalue weighted by atomic mass is 10.0. The first-order valence-electron chi connectivity index (χ1n) is 6.10. The highest BCUT2D eigenvalue weighted by atomic mass is 32.1. The topological polar surface area (TPSA) is 37.8 Å². The third-order valence-corrected chi connectivity index (χ3v) is 3.66. The molecule has 0 radical (unpaired) electrons. The van der Waals surface area contributed by atoms with Crippen LogP contribution in [0.4, 0.5) is 8.78 Å². The van der Waals surface area contributed by atoms with Crippen LogP contribution in [0, 0.1) is 18.6 Å². The molecule has 3 nitrogen and oxygen atoms in total. The van der Waals surface area contributed by atoms with Crippen LogP contribution in [0.15, 0.2) is 18.2 Å². The summed E-state index contributed by atoms with van der Waals surface area (Å²) in [6, 6.07) is 3.29. The zero-order valence-corrected chi connectivity index (χ0v) is 11.6. The van der Waals surface area contributed by atoms with Gasteiger partial charge in [0.25, 0.3) is 0 Å². The van der Waals surface area contributed by atoms with Gasteiger partial charge in [0.1, 0.15) is 11.6 Å². The Morgan fingerprint density at radius 2 is 1.95 bits per heavy atom. The third-order valence-electron chi connectivity index (χ3n) is 2.77. The summed E-state index contributed by atoms with van der Waals surface area (Å²) in [5, 5.41) is 7.24. The van der Waals surface area contributed by atoms with Crippen LogP contribution < -0.4 is 5.32 Å². The van der Waals surface area contributed by atoms with E-state index in [0.29, 0.717) is 5.56 Å². The van der Waals surface area contributed by atoms with E-state index in [4.69, 9.17) is 0 Å². The fourth-order valence-electron chi connectivity index (χ4n) is 1.89. The Hall–Kier alpha value is -1.40. The second-order valence-electron chi connectivity index (χ2n) is 4.31. The molecule has 1 N–H and O–H groups in total. The minimum atomic E-state index is -0.576. The number of aryl methyl sites for hydroxylation is 1. The number of nitrogens with zero attached hydrogens (tertiary/aromatic N) is 2. The van der Waals surface area contributed by atoms with Crippen molar-refractivity contribution >= 4 is 11.5 Å². The second kappa shape index (κ2) is 6.16. The van der Waals surface area contributed by atoms with Crippen LogP contribution in [0.5, 0.6) is 0 Å². The predicted molar refractivity (Wildman–Crippen MR) is 71.1 cm³/mol. The van der Waals surface area contributed by atoms with E-state index < -0.39 is 11.6 Å². The molecule has 1 aromatic carbocycles. The quantitative estimate of drug-likeness (QED) is 0.915. The molecule has 0 aliphatic rings. The highest BCUT2D eigenvalue weighted by molar-refractivity contribution is 7.05. The molecule has 2 aromatic rings. The average Bonchev–Trinajstić information content (AvgIpc) is 2.75. The fourth-order valence-corrected chi connectivity index (χ4v) is 2.64. The monoisotopic (exact) mass is 283 g/mol. The van der Waals surface area contributed by atoms with Gasteiger partial charge in [-0.25, -0.2) is 8.78 Å². The van der Waals surface area contributed by atoms with Gasteiger partial charge in [-0.05, 0) is 49.1 Å². The number of benzene rings is 1. The molecule has 1 heterocycles. The molecule has 2 rings (SSSR count). The molecule has 19 heavy (non-hydrogen) atoms. The summed E-state index contributed by atoms with van der Waals surface area (Å²) in [6.45, 7) is 4.63. The van der Waals surface area contributed by atoms with E-state index in [1.165, 1.54) is 23.7 Å². The van der Waals surface area contributed by atoms with E-state index in [0.717, 1.165) is 29.6 Å². The van der Waals surface area contributed by atoms with Crippen LogP contribution in [0.25, 0.3) is 0 Å². The molecule has 0 bridgehead atoms. The number of halogens is 2. The zero-order chi connectivity index (χ0) is 13.8. The molecular formula is C13H15F2N3S. The summed E-state index contributed by atoms with van der Waals surface area (Å²) in [5.41, 5.74) is 1.34. The summed E-state index contributed by atoms with van der Waals surface area (Å²) >= 11 is 1.25. The molecule has 6 heteroatoms. The molecule has 0 aliphatic heterocycles. The van der Waals surface area contributed by atoms with Crippen molar-refractivity contribution in [2.75, 3.05) is 6.54 Å². The lowest BCUT2D eigenvalue weighted by Gasteiger charge is -2.18. The maximum atomic E-state index is 13.4. The molecule has 1 aromatic heterocycles. The van der Waals surface area contributed by atoms with Crippen molar-refractivity contribution in [3.8, 4) is 0 Å². The Morgan fingerprint density at radius 1 is 1.26 bits per heavy atom. The summed E-state index contributed by atoms with van der Waals surface area (Å²) in [5.74, 6) is -1.15. The van der Waals surface area contributed by atoms with Crippen LogP contribution in [0.2, 0.25) is 0 Å². The van der Waals surface area contributed by atoms with E-state index in [1.54, 1.807) is 0 Å². The molecule has 0 amide bonds. The van der Waals surface area contributed by atoms with Crippen molar-refractivity contribution in [3.63, 3.8) is 0 Å². The van der Waals surface area contributed by atoms with Gasteiger partial charge >= 0.3 is 0 Å². The Kier molecular flexibility index (Phi) is 4.55. The summed E-state index contributed by atoms with van der Waals surface area (Å²) in [6.07, 6.45) is 0.930. The van der Waals surface area contributed by atoms with Gasteiger partial charge in [-0.1, -0.05) is 11.4 Å². The molecule has 1 atom stereocenters. The fraction of sp³-hybridized carbons (Fsp3) is 0.385. The summed E-state index contributed by atoms with van der Waals surface area (Å²) in [7, 11) is 0. The molecular weight excluding hydrogens is 268 g/mol. The van der Waals surface area contributed by atoms with Gasteiger partial charge in [0.2, 0.25) is 0 Å². The van der Waals surface area contributed by atoms with Gasteiger partial charge in [-0.3, -0.25) is 0 Å². The van der Waals surface area contributed by atoms with Crippen LogP contribution >= 0.6 is 11.5 Å². The van der Waals surface area contributed by atoms with E-state index in [1.807, 2.05) is 13.8 Å². The smallest absolute Gasteiger partial charge is 0.126 e. The maximum absolute atomic E-state index is 13.4. The summed E-state index contributed by atoms with van der Waals surface area (Å²) in [4.78, 5) is 0.887. The summed E-state index contributed by atoms with van der Waals surface area (Å²) < 4.78 is 30.6. The van der Waals surface area contributed by atoms with Crippen molar-refractivity contribution in [3.05, 3.63) is 46.0 Å². The normalized spacial score (nSPS) is 12.6. The Labute approximate surface area is 114 Å². The lowest BCUT2D eigenvalue weighted by molar-refractivity contribution is 0.560. The highest BCUT2D eigenvalue weighted by Crippen LogP contribution is 2.27. The molecule has 0 saturated carbocycles. The Morgan fingerprint density at radius 3 is 2.47 bits per heavy atom. The highest BCUT2D eigenvalue weighted by Gasteiger charge is 2.20. The SMILES string of the molecule is CCCNC(c1cc(F)cc(F)c1)c1snnc1C. The van der Waals surface area contributed by atoms with Crippen LogP contribution in [-0.4, -0.2) is 16.1 Å². The van der Waals surface area contributed by atoms with E-state index in [2.05, 4.69) is 14.9 Å². The predicted octanol–water partition coefficient (Wildman–Crippen LogP) is 3.21. The minimum absolute atomic E-state index is 0.273. The molecule has 1 unspecified atom stereocenters. The van der Waals surface area contributed by atoms with Crippen molar-refractivity contribution in [1.29, 1.82) is 0 Å². The average molecular weight is 283 g/mol. The third kappa shape index (κ3) is 3.33. The molecule has 102 valence electrons. The van der Waals surface area contributed by atoms with Gasteiger partial charge in [0.05, 0.1) is 16.6 Å². The lowest BCUT2D eigenvalue weighted by Crippen LogP contribution is -2.23. The van der Waals surface area contributed by atoms with Crippen molar-refractivity contribution < 1.29 is 8.78 Å². The van der Waals surface area contributed by atoms with Crippen LogP contribution in [0.3, 0.4) is 0 Å². The van der Waals surface area contributed by atoms with Gasteiger partial charge < -0.3 is 5.32 Å². The molecule has 0 aliphatic carbocycles. The number of hydrogen-bond donors (Lipinski definition) is 1. The van der Waals surface area contributed by atoms with Crippen molar-refractivity contribution in [2.45, 2.75) is 26.3 Å². The number of nitrogens with one attached hydrogen (secondary N) is 1. The molecule has 0 spiro atoms. The number of hydrogen-bond acceptors (Lipinski definition) is 4. The van der Waals surface area contributed by atoms with E-state index >= 15 is 0 Å². The first kappa shape index (κ1) is 14.0. The van der Waals surface area contributed by atoms with Gasteiger partial charge in [-0.15, -0.1) is 5.10 Å². The van der Waals surface area contributed by atoms with Crippen LogP contribution in [0.1, 0.15) is 35.5 Å². The molecule has 0 saturated heterocycles. The van der Waals surface area contributed by atoms with E-state index in [-0.39, 0.29) is 6.04 Å². The van der Waals surface area contributed by atoms with Gasteiger partial charge in [0.15, 0.2) is 0 Å². The minimum Gasteiger partial charge on any atom is -0.305 e. The first-order valence-corrected chi connectivity index (χ1v) is 6.87. The van der Waals surface area contributed by atoms with Crippen molar-refractivity contribution in [2.24, 2.45) is 0 Å². The van der Waals surface area contributed by atoms with Gasteiger partial charge in [-0.2, -0.15) is 0 Å². The standard InChI is InChI=1S/C13H15F2N3S/c1-3-4-16-12(13-8(2)17-18-19-13)9-5-10(14)7-11(15)6-9/h5-7,12,16H,3-4H2,1-2H3.